The van der Waals surface area contributed by atoms with E-state index in [2.05, 4.69) is 9.68 Å². The molecule has 54 valence electrons. The summed E-state index contributed by atoms with van der Waals surface area (Å²) in [7, 11) is 0. The molecule has 0 bridgehead atoms. The Hall–Kier alpha value is -1.52. The fraction of sp³-hybridized carbons (Fsp3) is 0.200. The summed E-state index contributed by atoms with van der Waals surface area (Å²) in [6, 6.07) is 0. The van der Waals surface area contributed by atoms with Gasteiger partial charge in [-0.05, 0) is 6.92 Å². The van der Waals surface area contributed by atoms with E-state index in [1.54, 1.807) is 0 Å². The number of aryl methyl sites for hydroxylation is 1. The highest BCUT2D eigenvalue weighted by atomic mass is 16.5. The number of carbonyl (C=O) groups is 1. The van der Waals surface area contributed by atoms with Gasteiger partial charge in [-0.3, -0.25) is 0 Å². The van der Waals surface area contributed by atoms with Crippen molar-refractivity contribution in [3.63, 3.8) is 0 Å². The van der Waals surface area contributed by atoms with E-state index in [0.717, 1.165) is 0 Å². The Morgan fingerprint density at radius 3 is 2.60 bits per heavy atom. The maximum absolute atomic E-state index is 10.2. The van der Waals surface area contributed by atoms with Gasteiger partial charge in [0.15, 0.2) is 0 Å². The van der Waals surface area contributed by atoms with Gasteiger partial charge in [0.2, 0.25) is 5.88 Å². The topological polar surface area (TPSA) is 92.2 Å². The van der Waals surface area contributed by atoms with Crippen molar-refractivity contribution < 1.29 is 14.4 Å². The van der Waals surface area contributed by atoms with Crippen LogP contribution < -0.4 is 10.8 Å². The molecule has 0 radical (unpaired) electrons. The van der Waals surface area contributed by atoms with Gasteiger partial charge in [-0.15, -0.1) is 0 Å². The van der Waals surface area contributed by atoms with Crippen LogP contribution in [0.25, 0.3) is 0 Å². The molecule has 0 amide bonds. The van der Waals surface area contributed by atoms with E-state index < -0.39 is 5.97 Å². The summed E-state index contributed by atoms with van der Waals surface area (Å²) in [4.78, 5) is 10.2. The molecule has 1 aromatic heterocycles. The number of anilines is 1. The average Bonchev–Trinajstić information content (AvgIpc) is 2.11. The molecular formula is C5H5N2O3-. The SMILES string of the molecule is Cc1noc(N)c1C(=O)[O-]. The molecular weight excluding hydrogens is 136 g/mol. The Balaban J connectivity index is 3.23. The van der Waals surface area contributed by atoms with Gasteiger partial charge in [0.05, 0.1) is 17.2 Å². The van der Waals surface area contributed by atoms with Gasteiger partial charge in [-0.1, -0.05) is 5.16 Å². The Labute approximate surface area is 56.4 Å². The molecule has 1 aromatic rings. The Morgan fingerprint density at radius 1 is 1.80 bits per heavy atom. The second kappa shape index (κ2) is 2.02. The lowest BCUT2D eigenvalue weighted by molar-refractivity contribution is -0.255. The van der Waals surface area contributed by atoms with Crippen molar-refractivity contribution in [2.45, 2.75) is 6.92 Å². The first-order valence-corrected chi connectivity index (χ1v) is 2.56. The molecule has 0 saturated heterocycles. The van der Waals surface area contributed by atoms with E-state index in [1.165, 1.54) is 6.92 Å². The Kier molecular flexibility index (Phi) is 1.33. The zero-order valence-corrected chi connectivity index (χ0v) is 5.25. The molecule has 0 aromatic carbocycles. The number of nitrogen functional groups attached to an aromatic ring is 1. The highest BCUT2D eigenvalue weighted by molar-refractivity contribution is 5.91. The van der Waals surface area contributed by atoms with E-state index in [9.17, 15) is 9.90 Å². The number of carbonyl (C=O) groups excluding carboxylic acids is 1. The van der Waals surface area contributed by atoms with Crippen molar-refractivity contribution >= 4 is 11.9 Å². The summed E-state index contributed by atoms with van der Waals surface area (Å²) < 4.78 is 4.36. The molecule has 0 fully saturated rings. The second-order valence-corrected chi connectivity index (χ2v) is 1.79. The molecule has 1 rings (SSSR count). The van der Waals surface area contributed by atoms with Crippen LogP contribution >= 0.6 is 0 Å². The molecule has 5 heteroatoms. The van der Waals surface area contributed by atoms with Gasteiger partial charge in [-0.25, -0.2) is 0 Å². The molecule has 0 aliphatic heterocycles. The summed E-state index contributed by atoms with van der Waals surface area (Å²) in [6.45, 7) is 1.48. The molecule has 5 nitrogen and oxygen atoms in total. The highest BCUT2D eigenvalue weighted by Crippen LogP contribution is 2.13. The number of carboxylic acids is 1. The van der Waals surface area contributed by atoms with Crippen LogP contribution in [0.15, 0.2) is 4.52 Å². The zero-order chi connectivity index (χ0) is 7.72. The van der Waals surface area contributed by atoms with Crippen molar-refractivity contribution in [2.24, 2.45) is 0 Å². The largest absolute Gasteiger partial charge is 0.545 e. The third-order valence-corrected chi connectivity index (χ3v) is 1.09. The van der Waals surface area contributed by atoms with E-state index in [4.69, 9.17) is 5.73 Å². The fourth-order valence-electron chi connectivity index (χ4n) is 0.636. The first-order valence-electron chi connectivity index (χ1n) is 2.56. The predicted octanol–water partition coefficient (Wildman–Crippen LogP) is -1.07. The highest BCUT2D eigenvalue weighted by Gasteiger charge is 2.09. The average molecular weight is 141 g/mol. The van der Waals surface area contributed by atoms with Crippen molar-refractivity contribution in [1.82, 2.24) is 5.16 Å². The summed E-state index contributed by atoms with van der Waals surface area (Å²) in [5.41, 5.74) is 5.16. The monoisotopic (exact) mass is 141 g/mol. The molecule has 0 atom stereocenters. The van der Waals surface area contributed by atoms with Crippen molar-refractivity contribution in [3.8, 4) is 0 Å². The van der Waals surface area contributed by atoms with Crippen LogP contribution in [0.2, 0.25) is 0 Å². The minimum Gasteiger partial charge on any atom is -0.545 e. The number of rotatable bonds is 1. The first-order chi connectivity index (χ1) is 4.63. The number of nitrogens with two attached hydrogens (primary N) is 1. The van der Waals surface area contributed by atoms with Gasteiger partial charge < -0.3 is 20.2 Å². The van der Waals surface area contributed by atoms with Crippen LogP contribution in [0.1, 0.15) is 16.1 Å². The van der Waals surface area contributed by atoms with Crippen molar-refractivity contribution in [3.05, 3.63) is 11.3 Å². The molecule has 0 saturated carbocycles. The second-order valence-electron chi connectivity index (χ2n) is 1.79. The standard InChI is InChI=1S/C5H6N2O3/c1-2-3(5(8)9)4(6)10-7-2/h6H2,1H3,(H,8,9)/p-1. The number of hydrogen-bond acceptors (Lipinski definition) is 5. The molecule has 0 unspecified atom stereocenters. The molecule has 10 heavy (non-hydrogen) atoms. The van der Waals surface area contributed by atoms with Gasteiger partial charge in [-0.2, -0.15) is 0 Å². The summed E-state index contributed by atoms with van der Waals surface area (Å²) in [6.07, 6.45) is 0. The molecule has 0 aliphatic rings. The van der Waals surface area contributed by atoms with Gasteiger partial charge in [0.25, 0.3) is 0 Å². The number of aromatic carboxylic acids is 1. The molecule has 0 aliphatic carbocycles. The van der Waals surface area contributed by atoms with Gasteiger partial charge in [0, 0.05) is 0 Å². The van der Waals surface area contributed by atoms with Crippen LogP contribution in [-0.2, 0) is 0 Å². The molecule has 2 N–H and O–H groups in total. The summed E-state index contributed by atoms with van der Waals surface area (Å²) in [5, 5.41) is 13.5. The maximum Gasteiger partial charge on any atom is 0.231 e. The lowest BCUT2D eigenvalue weighted by Gasteiger charge is -1.96. The number of hydrogen-bond donors (Lipinski definition) is 1. The van der Waals surface area contributed by atoms with Crippen molar-refractivity contribution in [2.75, 3.05) is 5.73 Å². The lowest BCUT2D eigenvalue weighted by atomic mass is 10.2. The predicted molar refractivity (Wildman–Crippen MR) is 30.0 cm³/mol. The minimum absolute atomic E-state index is 0.167. The molecule has 1 heterocycles. The van der Waals surface area contributed by atoms with Crippen LogP contribution in [0.3, 0.4) is 0 Å². The van der Waals surface area contributed by atoms with Crippen LogP contribution in [-0.4, -0.2) is 11.1 Å². The number of nitrogens with zero attached hydrogens (tertiary/aromatic N) is 1. The van der Waals surface area contributed by atoms with Crippen LogP contribution in [0, 0.1) is 6.92 Å². The Morgan fingerprint density at radius 2 is 2.40 bits per heavy atom. The lowest BCUT2D eigenvalue weighted by Crippen LogP contribution is -2.23. The van der Waals surface area contributed by atoms with Crippen molar-refractivity contribution in [1.29, 1.82) is 0 Å². The Bertz CT molecular complexity index is 246. The minimum atomic E-state index is -1.36. The number of aromatic nitrogens is 1. The van der Waals surface area contributed by atoms with E-state index in [-0.39, 0.29) is 17.1 Å². The van der Waals surface area contributed by atoms with E-state index >= 15 is 0 Å². The van der Waals surface area contributed by atoms with E-state index in [0.29, 0.717) is 0 Å². The van der Waals surface area contributed by atoms with Crippen LogP contribution in [0.5, 0.6) is 0 Å². The summed E-state index contributed by atoms with van der Waals surface area (Å²) in [5.74, 6) is -1.58. The third-order valence-electron chi connectivity index (χ3n) is 1.09. The first kappa shape index (κ1) is 6.60. The number of carboxylic acid groups (broad SMARTS) is 1. The summed E-state index contributed by atoms with van der Waals surface area (Å²) >= 11 is 0. The van der Waals surface area contributed by atoms with Gasteiger partial charge >= 0.3 is 0 Å². The normalized spacial score (nSPS) is 9.70. The fourth-order valence-corrected chi connectivity index (χ4v) is 0.636. The smallest absolute Gasteiger partial charge is 0.231 e. The molecule has 0 spiro atoms. The van der Waals surface area contributed by atoms with Gasteiger partial charge in [0.1, 0.15) is 0 Å². The quantitative estimate of drug-likeness (QED) is 0.537. The third kappa shape index (κ3) is 0.812. The van der Waals surface area contributed by atoms with E-state index in [1.807, 2.05) is 0 Å². The van der Waals surface area contributed by atoms with Crippen LogP contribution in [0.4, 0.5) is 5.88 Å². The maximum atomic E-state index is 10.2. The zero-order valence-electron chi connectivity index (χ0n) is 5.25.